The number of thioether (sulfide) groups is 1. The first-order chi connectivity index (χ1) is 36.8. The van der Waals surface area contributed by atoms with Crippen molar-refractivity contribution >= 4 is 105 Å². The van der Waals surface area contributed by atoms with Gasteiger partial charge in [-0.05, 0) is 137 Å². The predicted octanol–water partition coefficient (Wildman–Crippen LogP) is 2.81. The maximum Gasteiger partial charge on any atom is 0.326 e. The summed E-state index contributed by atoms with van der Waals surface area (Å²) in [6, 6.07) is 10.7. The molecule has 26 heteroatoms. The number of anilines is 2. The van der Waals surface area contributed by atoms with Crippen LogP contribution in [0.3, 0.4) is 0 Å². The molecule has 0 aliphatic carbocycles. The summed E-state index contributed by atoms with van der Waals surface area (Å²) in [7, 11) is 0. The van der Waals surface area contributed by atoms with Crippen molar-refractivity contribution in [3.63, 3.8) is 0 Å². The smallest absolute Gasteiger partial charge is 0.326 e. The number of rotatable bonds is 29. The molecule has 0 aromatic heterocycles. The van der Waals surface area contributed by atoms with Crippen LogP contribution in [0.4, 0.5) is 11.4 Å². The van der Waals surface area contributed by atoms with E-state index in [1.807, 2.05) is 36.6 Å². The predicted molar refractivity (Wildman–Crippen MR) is 302 cm³/mol. The summed E-state index contributed by atoms with van der Waals surface area (Å²) >= 11 is 11.9. The molecule has 3 atom stereocenters. The molecule has 78 heavy (non-hydrogen) atoms. The van der Waals surface area contributed by atoms with Crippen LogP contribution in [0.2, 0.25) is 0 Å². The second kappa shape index (κ2) is 36.7. The molecule has 0 radical (unpaired) electrons. The van der Waals surface area contributed by atoms with Crippen LogP contribution in [0.25, 0.3) is 0 Å². The minimum Gasteiger partial charge on any atom is -0.481 e. The van der Waals surface area contributed by atoms with Crippen molar-refractivity contribution < 1.29 is 98.7 Å². The molecule has 4 rings (SSSR count). The Morgan fingerprint density at radius 1 is 0.718 bits per heavy atom. The van der Waals surface area contributed by atoms with Gasteiger partial charge in [0, 0.05) is 135 Å². The Hall–Kier alpha value is -4.51. The maximum atomic E-state index is 13.9. The third-order valence-corrected chi connectivity index (χ3v) is 14.3. The molecule has 2 aliphatic heterocycles. The van der Waals surface area contributed by atoms with E-state index in [0.29, 0.717) is 125 Å². The Labute approximate surface area is 503 Å². The number of nitrogens with one attached hydrogen (secondary N) is 6. The number of carboxylic acids is 4. The molecule has 1 saturated heterocycles. The molecule has 1 fully saturated rings. The monoisotopic (exact) mass is 1290 g/mol. The van der Waals surface area contributed by atoms with E-state index in [9.17, 15) is 58.8 Å². The number of hydrogen-bond donors (Lipinski definition) is 10. The van der Waals surface area contributed by atoms with Gasteiger partial charge in [0.15, 0.2) is 10.9 Å². The zero-order valence-corrected chi connectivity index (χ0v) is 49.1. The molecule has 2 aliphatic rings. The Balaban J connectivity index is 0.0000160. The summed E-state index contributed by atoms with van der Waals surface area (Å²) in [5.41, 5.74) is 3.60. The number of ketones is 1. The number of thiocarbonyl (C=S) groups is 2. The minimum absolute atomic E-state index is 0. The van der Waals surface area contributed by atoms with Gasteiger partial charge in [-0.25, -0.2) is 4.79 Å². The number of amides is 3. The van der Waals surface area contributed by atoms with Gasteiger partial charge >= 0.3 is 23.9 Å². The molecule has 2 heterocycles. The molecule has 10 N–H and O–H groups in total. The number of Topliss-reactive ketones (excluding diaryl/α,β-unsaturated/α-hetero) is 1. The number of nitrogens with zero attached hydrogens (tertiary/aromatic N) is 4. The first-order valence-electron chi connectivity index (χ1n) is 26.0. The maximum absolute atomic E-state index is 13.9. The largest absolute Gasteiger partial charge is 0.481 e. The molecule has 0 bridgehead atoms. The molecule has 1 unspecified atom stereocenters. The third-order valence-electron chi connectivity index (χ3n) is 13.3. The van der Waals surface area contributed by atoms with Crippen molar-refractivity contribution in [3.8, 4) is 0 Å². The third kappa shape index (κ3) is 26.2. The van der Waals surface area contributed by atoms with Gasteiger partial charge in [-0.2, -0.15) is 11.8 Å². The van der Waals surface area contributed by atoms with Gasteiger partial charge in [-0.3, -0.25) is 43.4 Å². The van der Waals surface area contributed by atoms with Crippen molar-refractivity contribution in [2.45, 2.75) is 89.8 Å². The van der Waals surface area contributed by atoms with Crippen LogP contribution in [0.5, 0.6) is 0 Å². The van der Waals surface area contributed by atoms with Crippen LogP contribution in [-0.4, -0.2) is 207 Å². The number of carbonyl (C=O) groups excluding carboxylic acids is 4. The normalized spacial score (nSPS) is 16.3. The van der Waals surface area contributed by atoms with Crippen molar-refractivity contribution in [1.29, 1.82) is 0 Å². The number of unbranched alkanes of at least 4 members (excludes halogenated alkanes) is 1. The van der Waals surface area contributed by atoms with Crippen LogP contribution in [0, 0.1) is 45.9 Å². The summed E-state index contributed by atoms with van der Waals surface area (Å²) < 4.78 is 0. The molecule has 432 valence electrons. The Kier molecular flexibility index (Phi) is 31.9. The Morgan fingerprint density at radius 3 is 1.96 bits per heavy atom. The van der Waals surface area contributed by atoms with Gasteiger partial charge in [0.25, 0.3) is 5.91 Å². The van der Waals surface area contributed by atoms with Crippen LogP contribution >= 0.6 is 36.2 Å². The zero-order valence-electron chi connectivity index (χ0n) is 44.4. The summed E-state index contributed by atoms with van der Waals surface area (Å²) in [5, 5.41) is 56.7. The van der Waals surface area contributed by atoms with E-state index >= 15 is 0 Å². The summed E-state index contributed by atoms with van der Waals surface area (Å²) in [6.07, 6.45) is 4.33. The average molecular weight is 1290 g/mol. The van der Waals surface area contributed by atoms with Crippen molar-refractivity contribution in [2.75, 3.05) is 108 Å². The van der Waals surface area contributed by atoms with E-state index < -0.39 is 47.8 Å². The van der Waals surface area contributed by atoms with Crippen LogP contribution in [0.15, 0.2) is 42.5 Å². The van der Waals surface area contributed by atoms with Crippen LogP contribution < -0.4 is 31.9 Å². The summed E-state index contributed by atoms with van der Waals surface area (Å²) in [4.78, 5) is 109. The SMILES string of the molecule is CSCC[C@H](NC(=O)c1cccc2c1CCN(C(=O)CNCCN1CCC(CC(=O)O)CCN(CC(=O)O)CCN(CC(=O)O)CC1)C2)C(=O)CCC(=O)N[C@@H](CCCCNC(=S)Nc1ccc(NC(C)=S)cc1)C(=O)O.[Gd]. The molecule has 0 spiro atoms. The summed E-state index contributed by atoms with van der Waals surface area (Å²) in [5.74, 6) is -5.29. The first-order valence-corrected chi connectivity index (χ1v) is 28.2. The van der Waals surface area contributed by atoms with E-state index in [1.54, 1.807) is 33.8 Å². The van der Waals surface area contributed by atoms with Gasteiger partial charge in [-0.1, -0.05) is 24.4 Å². The van der Waals surface area contributed by atoms with Gasteiger partial charge in [0.05, 0.1) is 30.7 Å². The average Bonchev–Trinajstić information content (AvgIpc) is 3.40. The van der Waals surface area contributed by atoms with Gasteiger partial charge < -0.3 is 62.1 Å². The van der Waals surface area contributed by atoms with Crippen molar-refractivity contribution in [1.82, 2.24) is 40.9 Å². The van der Waals surface area contributed by atoms with Crippen LogP contribution in [-0.2, 0) is 46.5 Å². The number of carbonyl (C=O) groups is 8. The van der Waals surface area contributed by atoms with Gasteiger partial charge in [0.2, 0.25) is 11.8 Å². The fourth-order valence-electron chi connectivity index (χ4n) is 9.14. The van der Waals surface area contributed by atoms with Gasteiger partial charge in [0.1, 0.15) is 6.04 Å². The number of fused-ring (bicyclic) bond motifs is 1. The molecule has 0 saturated carbocycles. The Bertz CT molecular complexity index is 2320. The Morgan fingerprint density at radius 2 is 1.35 bits per heavy atom. The molecule has 2 aromatic carbocycles. The van der Waals surface area contributed by atoms with E-state index in [4.69, 9.17) is 24.4 Å². The second-order valence-corrected chi connectivity index (χ2v) is 21.3. The van der Waals surface area contributed by atoms with Gasteiger partial charge in [-0.15, -0.1) is 0 Å². The number of benzene rings is 2. The first kappa shape index (κ1) is 67.8. The molecule has 2 aromatic rings. The molecule has 22 nitrogen and oxygen atoms in total. The second-order valence-electron chi connectivity index (χ2n) is 19.3. The summed E-state index contributed by atoms with van der Waals surface area (Å²) in [6.45, 7) is 5.89. The van der Waals surface area contributed by atoms with Crippen LogP contribution in [0.1, 0.15) is 86.2 Å². The van der Waals surface area contributed by atoms with Crippen molar-refractivity contribution in [3.05, 3.63) is 59.2 Å². The standard InChI is InChI=1S/C52H76N10O12S3.Gd/c1-35(75)55-38-9-11-39(12-10-38)56-52(76)54-19-4-3-8-43(51(73)74)57-45(64)14-13-44(63)42(18-29-77-2)58-50(72)41-7-5-6-37-32-62(23-17-40(37)41)46(65)31-53-20-24-59-21-15-36(30-47(66)67)16-22-60(33-48(68)69)27-28-61(26-25-59)34-49(70)71;/h5-7,9-12,36,42-43,53H,3-4,8,13-34H2,1-2H3,(H,55,75)(H,57,64)(H,58,72)(H,66,67)(H,68,69)(H,70,71)(H,73,74)(H2,54,56,76);/t36?,42-,43-;/m0./s1. The quantitative estimate of drug-likeness (QED) is 0.0414. The molecular weight excluding hydrogens is 1210 g/mol. The van der Waals surface area contributed by atoms with E-state index in [-0.39, 0.29) is 109 Å². The number of carboxylic acid groups (broad SMARTS) is 4. The fraction of sp³-hybridized carbons (Fsp3) is 0.577. The topological polar surface area (TPSA) is 303 Å². The molecule has 3 amide bonds. The van der Waals surface area contributed by atoms with E-state index in [0.717, 1.165) is 22.5 Å². The zero-order chi connectivity index (χ0) is 56.3. The minimum atomic E-state index is -1.19. The number of aliphatic carboxylic acids is 4. The van der Waals surface area contributed by atoms with E-state index in [1.165, 1.54) is 11.8 Å². The van der Waals surface area contributed by atoms with E-state index in [2.05, 4.69) is 36.8 Å². The number of hydrogen-bond acceptors (Lipinski definition) is 15. The fourth-order valence-corrected chi connectivity index (χ4v) is 9.95. The molecular formula is C52H76GdN10O12S3. The van der Waals surface area contributed by atoms with Crippen molar-refractivity contribution in [2.24, 2.45) is 5.92 Å².